The highest BCUT2D eigenvalue weighted by Gasteiger charge is 2.48. The van der Waals surface area contributed by atoms with Crippen molar-refractivity contribution in [2.24, 2.45) is 0 Å². The number of ether oxygens (including phenoxy) is 3. The molecule has 0 spiro atoms. The number of methoxy groups -OCH3 is 1. The van der Waals surface area contributed by atoms with Gasteiger partial charge in [0.05, 0.1) is 20.3 Å². The van der Waals surface area contributed by atoms with Crippen molar-refractivity contribution in [3.63, 3.8) is 0 Å². The van der Waals surface area contributed by atoms with E-state index in [2.05, 4.69) is 0 Å². The molecule has 1 saturated heterocycles. The maximum Gasteiger partial charge on any atom is 0.400 e. The Morgan fingerprint density at radius 2 is 1.72 bits per heavy atom. The third-order valence-electron chi connectivity index (χ3n) is 2.75. The number of hydrogen-bond donors (Lipinski definition) is 0. The number of hydrogen-bond acceptors (Lipinski definition) is 3. The first-order valence-corrected chi connectivity index (χ1v) is 5.46. The highest BCUT2D eigenvalue weighted by molar-refractivity contribution is 5.30. The van der Waals surface area contributed by atoms with Gasteiger partial charge in [0, 0.05) is 0 Å². The van der Waals surface area contributed by atoms with E-state index in [4.69, 9.17) is 14.2 Å². The van der Waals surface area contributed by atoms with Crippen LogP contribution in [0.2, 0.25) is 0 Å². The van der Waals surface area contributed by atoms with Gasteiger partial charge in [0.2, 0.25) is 0 Å². The molecule has 1 aliphatic heterocycles. The van der Waals surface area contributed by atoms with E-state index in [0.717, 1.165) is 0 Å². The third kappa shape index (κ3) is 2.76. The fourth-order valence-electron chi connectivity index (χ4n) is 1.88. The Morgan fingerprint density at radius 1 is 1.17 bits per heavy atom. The van der Waals surface area contributed by atoms with Crippen molar-refractivity contribution in [2.45, 2.75) is 18.4 Å². The Kier molecular flexibility index (Phi) is 3.77. The lowest BCUT2D eigenvalue weighted by molar-refractivity contribution is -0.207. The zero-order valence-corrected chi connectivity index (χ0v) is 9.74. The molecule has 0 amide bonds. The molecule has 6 heteroatoms. The molecule has 0 aliphatic carbocycles. The normalized spacial score (nSPS) is 18.9. The zero-order valence-electron chi connectivity index (χ0n) is 9.74. The molecular formula is C12H13F3O3. The second kappa shape index (κ2) is 5.16. The molecule has 1 aromatic rings. The van der Waals surface area contributed by atoms with Gasteiger partial charge in [-0.05, 0) is 17.7 Å². The van der Waals surface area contributed by atoms with E-state index in [0.29, 0.717) is 5.75 Å². The number of benzene rings is 1. The van der Waals surface area contributed by atoms with Crippen LogP contribution in [-0.2, 0) is 9.47 Å². The second-order valence-corrected chi connectivity index (χ2v) is 3.90. The first-order valence-electron chi connectivity index (χ1n) is 5.46. The standard InChI is InChI=1S/C12H13F3O3/c1-16-9-4-2-8(3-5-9)10(12(13,14)15)11-17-6-7-18-11/h2-5,10-11H,6-7H2,1H3. The molecule has 0 radical (unpaired) electrons. The monoisotopic (exact) mass is 262 g/mol. The molecule has 18 heavy (non-hydrogen) atoms. The van der Waals surface area contributed by atoms with E-state index in [-0.39, 0.29) is 18.8 Å². The lowest BCUT2D eigenvalue weighted by atomic mass is 9.98. The maximum absolute atomic E-state index is 13.0. The van der Waals surface area contributed by atoms with E-state index in [1.807, 2.05) is 0 Å². The van der Waals surface area contributed by atoms with Crippen molar-refractivity contribution < 1.29 is 27.4 Å². The summed E-state index contributed by atoms with van der Waals surface area (Å²) >= 11 is 0. The molecule has 1 aromatic carbocycles. The van der Waals surface area contributed by atoms with Crippen LogP contribution in [0.5, 0.6) is 5.75 Å². The van der Waals surface area contributed by atoms with Gasteiger partial charge < -0.3 is 14.2 Å². The fraction of sp³-hybridized carbons (Fsp3) is 0.500. The molecule has 0 aromatic heterocycles. The summed E-state index contributed by atoms with van der Waals surface area (Å²) in [5.41, 5.74) is 0.107. The van der Waals surface area contributed by atoms with Crippen molar-refractivity contribution in [2.75, 3.05) is 20.3 Å². The van der Waals surface area contributed by atoms with Crippen LogP contribution in [0.25, 0.3) is 0 Å². The molecule has 0 bridgehead atoms. The molecule has 1 fully saturated rings. The van der Waals surface area contributed by atoms with Gasteiger partial charge in [-0.2, -0.15) is 13.2 Å². The maximum atomic E-state index is 13.0. The van der Waals surface area contributed by atoms with Gasteiger partial charge >= 0.3 is 6.18 Å². The third-order valence-corrected chi connectivity index (χ3v) is 2.75. The van der Waals surface area contributed by atoms with Crippen molar-refractivity contribution >= 4 is 0 Å². The van der Waals surface area contributed by atoms with Gasteiger partial charge in [0.15, 0.2) is 6.29 Å². The van der Waals surface area contributed by atoms with Crippen molar-refractivity contribution in [3.05, 3.63) is 29.8 Å². The summed E-state index contributed by atoms with van der Waals surface area (Å²) in [6, 6.07) is 5.73. The minimum absolute atomic E-state index is 0.107. The lowest BCUT2D eigenvalue weighted by Crippen LogP contribution is -2.32. The van der Waals surface area contributed by atoms with E-state index in [1.165, 1.54) is 31.4 Å². The van der Waals surface area contributed by atoms with Crippen LogP contribution < -0.4 is 4.74 Å². The molecule has 1 heterocycles. The van der Waals surface area contributed by atoms with Gasteiger partial charge in [0.1, 0.15) is 11.7 Å². The molecule has 1 atom stereocenters. The molecular weight excluding hydrogens is 249 g/mol. The molecule has 2 rings (SSSR count). The SMILES string of the molecule is COc1ccc(C(C2OCCO2)C(F)(F)F)cc1. The zero-order chi connectivity index (χ0) is 13.2. The first kappa shape index (κ1) is 13.2. The first-order chi connectivity index (χ1) is 8.52. The predicted molar refractivity (Wildman–Crippen MR) is 57.5 cm³/mol. The van der Waals surface area contributed by atoms with Gasteiger partial charge in [-0.1, -0.05) is 12.1 Å². The highest BCUT2D eigenvalue weighted by Crippen LogP contribution is 2.40. The molecule has 1 unspecified atom stereocenters. The molecule has 100 valence electrons. The second-order valence-electron chi connectivity index (χ2n) is 3.90. The van der Waals surface area contributed by atoms with Crippen LogP contribution in [0.1, 0.15) is 11.5 Å². The van der Waals surface area contributed by atoms with Gasteiger partial charge in [-0.15, -0.1) is 0 Å². The lowest BCUT2D eigenvalue weighted by Gasteiger charge is -2.25. The van der Waals surface area contributed by atoms with E-state index < -0.39 is 18.4 Å². The number of halogens is 3. The molecule has 0 N–H and O–H groups in total. The van der Waals surface area contributed by atoms with Crippen molar-refractivity contribution in [3.8, 4) is 5.75 Å². The summed E-state index contributed by atoms with van der Waals surface area (Å²) in [6.07, 6.45) is -5.68. The Balaban J connectivity index is 2.27. The topological polar surface area (TPSA) is 27.7 Å². The summed E-state index contributed by atoms with van der Waals surface area (Å²) in [6.45, 7) is 0.376. The van der Waals surface area contributed by atoms with Crippen molar-refractivity contribution in [1.29, 1.82) is 0 Å². The Labute approximate surface area is 102 Å². The van der Waals surface area contributed by atoms with Gasteiger partial charge in [-0.3, -0.25) is 0 Å². The van der Waals surface area contributed by atoms with Crippen molar-refractivity contribution in [1.82, 2.24) is 0 Å². The summed E-state index contributed by atoms with van der Waals surface area (Å²) in [5, 5.41) is 0. The minimum atomic E-state index is -4.41. The van der Waals surface area contributed by atoms with E-state index in [9.17, 15) is 13.2 Å². The Morgan fingerprint density at radius 3 is 2.17 bits per heavy atom. The van der Waals surface area contributed by atoms with Gasteiger partial charge in [-0.25, -0.2) is 0 Å². The van der Waals surface area contributed by atoms with Crippen LogP contribution in [0.15, 0.2) is 24.3 Å². The summed E-state index contributed by atoms with van der Waals surface area (Å²) in [5.74, 6) is -1.26. The van der Waals surface area contributed by atoms with Crippen LogP contribution in [0.3, 0.4) is 0 Å². The predicted octanol–water partition coefficient (Wildman–Crippen LogP) is 2.71. The number of alkyl halides is 3. The number of rotatable bonds is 3. The quantitative estimate of drug-likeness (QED) is 0.838. The fourth-order valence-corrected chi connectivity index (χ4v) is 1.88. The summed E-state index contributed by atoms with van der Waals surface area (Å²) < 4.78 is 54.0. The average Bonchev–Trinajstić information content (AvgIpc) is 2.82. The van der Waals surface area contributed by atoms with Crippen LogP contribution in [0, 0.1) is 0 Å². The summed E-state index contributed by atoms with van der Waals surface area (Å²) in [4.78, 5) is 0. The highest BCUT2D eigenvalue weighted by atomic mass is 19.4. The smallest absolute Gasteiger partial charge is 0.400 e. The van der Waals surface area contributed by atoms with Gasteiger partial charge in [0.25, 0.3) is 0 Å². The van der Waals surface area contributed by atoms with Crippen LogP contribution in [0.4, 0.5) is 13.2 Å². The Hall–Kier alpha value is -1.27. The molecule has 0 saturated carbocycles. The minimum Gasteiger partial charge on any atom is -0.497 e. The molecule has 3 nitrogen and oxygen atoms in total. The van der Waals surface area contributed by atoms with E-state index in [1.54, 1.807) is 0 Å². The largest absolute Gasteiger partial charge is 0.497 e. The summed E-state index contributed by atoms with van der Waals surface area (Å²) in [7, 11) is 1.46. The van der Waals surface area contributed by atoms with Crippen LogP contribution >= 0.6 is 0 Å². The van der Waals surface area contributed by atoms with Crippen LogP contribution in [-0.4, -0.2) is 32.8 Å². The van der Waals surface area contributed by atoms with E-state index >= 15 is 0 Å². The Bertz CT molecular complexity index is 383. The molecule has 1 aliphatic rings. The average molecular weight is 262 g/mol.